The molecule has 1 fully saturated rings. The molecule has 1 saturated carbocycles. The van der Waals surface area contributed by atoms with Gasteiger partial charge in [0.25, 0.3) is 0 Å². The molecule has 0 heterocycles. The van der Waals surface area contributed by atoms with Crippen LogP contribution in [0.2, 0.25) is 0 Å². The monoisotopic (exact) mass is 168 g/mol. The van der Waals surface area contributed by atoms with E-state index in [4.69, 9.17) is 0 Å². The second kappa shape index (κ2) is 3.81. The highest BCUT2D eigenvalue weighted by atomic mass is 14.3. The first-order valence-corrected chi connectivity index (χ1v) is 5.56. The lowest BCUT2D eigenvalue weighted by Gasteiger charge is -2.30. The lowest BCUT2D eigenvalue weighted by Crippen LogP contribution is -2.18. The molecule has 0 nitrogen and oxygen atoms in total. The summed E-state index contributed by atoms with van der Waals surface area (Å²) < 4.78 is 0. The zero-order chi connectivity index (χ0) is 9.19. The minimum atomic E-state index is 0.648. The van der Waals surface area contributed by atoms with E-state index in [0.29, 0.717) is 5.41 Å². The van der Waals surface area contributed by atoms with Gasteiger partial charge in [-0.1, -0.05) is 47.0 Å². The van der Waals surface area contributed by atoms with Gasteiger partial charge in [0.15, 0.2) is 0 Å². The molecule has 0 spiro atoms. The summed E-state index contributed by atoms with van der Waals surface area (Å²) in [5.41, 5.74) is 0.648. The largest absolute Gasteiger partial charge is 0.0649 e. The molecule has 0 aromatic heterocycles. The highest BCUT2D eigenvalue weighted by Crippen LogP contribution is 2.41. The highest BCUT2D eigenvalue weighted by Gasteiger charge is 2.29. The molecule has 0 N–H and O–H groups in total. The molecule has 0 heteroatoms. The molecule has 1 aliphatic rings. The van der Waals surface area contributed by atoms with E-state index in [0.717, 1.165) is 11.8 Å². The Labute approximate surface area is 77.7 Å². The number of hydrogen-bond acceptors (Lipinski definition) is 0. The minimum absolute atomic E-state index is 0.648. The van der Waals surface area contributed by atoms with Gasteiger partial charge in [-0.2, -0.15) is 0 Å². The topological polar surface area (TPSA) is 0 Å². The first kappa shape index (κ1) is 10.1. The summed E-state index contributed by atoms with van der Waals surface area (Å²) in [6.07, 6.45) is 7.18. The maximum atomic E-state index is 2.48. The van der Waals surface area contributed by atoms with Gasteiger partial charge in [-0.15, -0.1) is 0 Å². The molecule has 0 amide bonds. The van der Waals surface area contributed by atoms with Gasteiger partial charge < -0.3 is 0 Å². The summed E-state index contributed by atoms with van der Waals surface area (Å²) in [6.45, 7) is 9.67. The molecule has 0 aromatic carbocycles. The average molecular weight is 168 g/mol. The lowest BCUT2D eigenvalue weighted by atomic mass is 9.76. The third kappa shape index (κ3) is 2.50. The Morgan fingerprint density at radius 1 is 1.08 bits per heavy atom. The lowest BCUT2D eigenvalue weighted by molar-refractivity contribution is 0.216. The molecule has 2 atom stereocenters. The van der Waals surface area contributed by atoms with E-state index in [-0.39, 0.29) is 0 Å². The molecular weight excluding hydrogens is 144 g/mol. The summed E-state index contributed by atoms with van der Waals surface area (Å²) >= 11 is 0. The van der Waals surface area contributed by atoms with Gasteiger partial charge in [-0.25, -0.2) is 0 Å². The van der Waals surface area contributed by atoms with Crippen LogP contribution >= 0.6 is 0 Å². The summed E-state index contributed by atoms with van der Waals surface area (Å²) in [5.74, 6) is 1.92. The molecule has 1 aliphatic carbocycles. The van der Waals surface area contributed by atoms with E-state index < -0.39 is 0 Å². The Morgan fingerprint density at radius 2 is 1.50 bits per heavy atom. The average Bonchev–Trinajstić information content (AvgIpc) is 2.11. The van der Waals surface area contributed by atoms with Crippen LogP contribution in [-0.4, -0.2) is 0 Å². The molecule has 1 rings (SSSR count). The minimum Gasteiger partial charge on any atom is -0.0649 e. The highest BCUT2D eigenvalue weighted by molar-refractivity contribution is 4.81. The molecule has 2 unspecified atom stereocenters. The zero-order valence-electron chi connectivity index (χ0n) is 9.19. The van der Waals surface area contributed by atoms with Crippen molar-refractivity contribution in [1.82, 2.24) is 0 Å². The van der Waals surface area contributed by atoms with Gasteiger partial charge in [-0.3, -0.25) is 0 Å². The van der Waals surface area contributed by atoms with E-state index in [9.17, 15) is 0 Å². The van der Waals surface area contributed by atoms with Crippen LogP contribution in [0.15, 0.2) is 0 Å². The fraction of sp³-hybridized carbons (Fsp3) is 1.00. The molecule has 0 radical (unpaired) electrons. The van der Waals surface area contributed by atoms with Crippen molar-refractivity contribution in [2.24, 2.45) is 17.3 Å². The fourth-order valence-electron chi connectivity index (χ4n) is 2.83. The summed E-state index contributed by atoms with van der Waals surface area (Å²) in [4.78, 5) is 0. The van der Waals surface area contributed by atoms with Crippen molar-refractivity contribution in [3.8, 4) is 0 Å². The van der Waals surface area contributed by atoms with Crippen LogP contribution in [-0.2, 0) is 0 Å². The summed E-state index contributed by atoms with van der Waals surface area (Å²) in [6, 6.07) is 0. The van der Waals surface area contributed by atoms with Crippen LogP contribution in [0.4, 0.5) is 0 Å². The van der Waals surface area contributed by atoms with Crippen LogP contribution in [0.3, 0.4) is 0 Å². The van der Waals surface area contributed by atoms with Crippen molar-refractivity contribution in [1.29, 1.82) is 0 Å². The second-order valence-electron chi connectivity index (χ2n) is 5.36. The predicted molar refractivity (Wildman–Crippen MR) is 55.2 cm³/mol. The van der Waals surface area contributed by atoms with Crippen LogP contribution in [0.25, 0.3) is 0 Å². The van der Waals surface area contributed by atoms with E-state index in [1.165, 1.54) is 32.1 Å². The van der Waals surface area contributed by atoms with E-state index in [2.05, 4.69) is 27.7 Å². The number of rotatable bonds is 1. The Balaban J connectivity index is 2.61. The normalized spacial score (nSPS) is 44.0. The Kier molecular flexibility index (Phi) is 3.20. The van der Waals surface area contributed by atoms with Crippen LogP contribution in [0.5, 0.6) is 0 Å². The molecule has 0 bridgehead atoms. The zero-order valence-corrected chi connectivity index (χ0v) is 9.19. The van der Waals surface area contributed by atoms with Gasteiger partial charge in [0, 0.05) is 0 Å². The standard InChI is InChI=1S/C12H24/c1-5-12(4)8-10(2)6-7-11(3)9-12/h10-11H,5-9H2,1-4H3. The van der Waals surface area contributed by atoms with E-state index in [1.807, 2.05) is 0 Å². The smallest absolute Gasteiger partial charge is 0.0323 e. The maximum absolute atomic E-state index is 2.48. The molecule has 0 aromatic rings. The molecule has 0 aliphatic heterocycles. The van der Waals surface area contributed by atoms with E-state index in [1.54, 1.807) is 0 Å². The van der Waals surface area contributed by atoms with Gasteiger partial charge in [0.2, 0.25) is 0 Å². The summed E-state index contributed by atoms with van der Waals surface area (Å²) in [7, 11) is 0. The van der Waals surface area contributed by atoms with Gasteiger partial charge in [0.05, 0.1) is 0 Å². The van der Waals surface area contributed by atoms with Crippen molar-refractivity contribution in [2.75, 3.05) is 0 Å². The van der Waals surface area contributed by atoms with E-state index >= 15 is 0 Å². The van der Waals surface area contributed by atoms with Crippen molar-refractivity contribution in [3.05, 3.63) is 0 Å². The summed E-state index contributed by atoms with van der Waals surface area (Å²) in [5, 5.41) is 0. The first-order chi connectivity index (χ1) is 5.56. The quantitative estimate of drug-likeness (QED) is 0.513. The van der Waals surface area contributed by atoms with Crippen molar-refractivity contribution in [3.63, 3.8) is 0 Å². The van der Waals surface area contributed by atoms with Crippen LogP contribution in [0.1, 0.15) is 59.8 Å². The molecule has 12 heavy (non-hydrogen) atoms. The molecule has 72 valence electrons. The van der Waals surface area contributed by atoms with Gasteiger partial charge in [0.1, 0.15) is 0 Å². The van der Waals surface area contributed by atoms with Crippen molar-refractivity contribution < 1.29 is 0 Å². The van der Waals surface area contributed by atoms with Gasteiger partial charge >= 0.3 is 0 Å². The maximum Gasteiger partial charge on any atom is -0.0323 e. The third-order valence-electron chi connectivity index (χ3n) is 3.69. The molecular formula is C12H24. The number of hydrogen-bond donors (Lipinski definition) is 0. The predicted octanol–water partition coefficient (Wildman–Crippen LogP) is 4.25. The fourth-order valence-corrected chi connectivity index (χ4v) is 2.83. The second-order valence-corrected chi connectivity index (χ2v) is 5.36. The molecule has 0 saturated heterocycles. The van der Waals surface area contributed by atoms with Crippen molar-refractivity contribution in [2.45, 2.75) is 59.8 Å². The Bertz CT molecular complexity index is 125. The van der Waals surface area contributed by atoms with Gasteiger partial charge in [-0.05, 0) is 30.1 Å². The Morgan fingerprint density at radius 3 is 1.83 bits per heavy atom. The third-order valence-corrected chi connectivity index (χ3v) is 3.69. The Hall–Kier alpha value is 0. The SMILES string of the molecule is CCC1(C)CC(C)CCC(C)C1. The van der Waals surface area contributed by atoms with Crippen molar-refractivity contribution >= 4 is 0 Å². The van der Waals surface area contributed by atoms with Crippen LogP contribution in [0, 0.1) is 17.3 Å². The first-order valence-electron chi connectivity index (χ1n) is 5.56. The van der Waals surface area contributed by atoms with Crippen LogP contribution < -0.4 is 0 Å².